The summed E-state index contributed by atoms with van der Waals surface area (Å²) in [5, 5.41) is 2.97. The third-order valence-electron chi connectivity index (χ3n) is 5.31. The summed E-state index contributed by atoms with van der Waals surface area (Å²) in [5.41, 5.74) is 2.90. The van der Waals surface area contributed by atoms with E-state index in [1.165, 1.54) is 23.5 Å². The van der Waals surface area contributed by atoms with E-state index in [4.69, 9.17) is 4.74 Å². The number of nitrogens with one attached hydrogen (secondary N) is 1. The van der Waals surface area contributed by atoms with E-state index in [1.54, 1.807) is 12.1 Å². The molecule has 0 saturated carbocycles. The molecule has 1 heterocycles. The van der Waals surface area contributed by atoms with Gasteiger partial charge in [-0.3, -0.25) is 4.79 Å². The predicted molar refractivity (Wildman–Crippen MR) is 109 cm³/mol. The molecule has 150 valence electrons. The summed E-state index contributed by atoms with van der Waals surface area (Å²) in [6.45, 7) is 4.56. The number of rotatable bonds is 5. The first kappa shape index (κ1) is 20.4. The monoisotopic (exact) mass is 402 g/mol. The second-order valence-corrected chi connectivity index (χ2v) is 9.05. The van der Waals surface area contributed by atoms with Gasteiger partial charge in [0.2, 0.25) is 15.9 Å². The standard InChI is InChI=1S/C21H26N2O4S/c1-15-6-4-8-20(16(15)2)22-21(24)17-7-5-13-23(14-17)28(25,26)19-11-9-18(27-3)10-12-19/h4,6,8-12,17H,5,7,13-14H2,1-3H3,(H,22,24)/t17-/m0/s1. The zero-order valence-corrected chi connectivity index (χ0v) is 17.3. The van der Waals surface area contributed by atoms with E-state index in [2.05, 4.69) is 5.32 Å². The highest BCUT2D eigenvalue weighted by molar-refractivity contribution is 7.89. The molecule has 0 aliphatic carbocycles. The minimum absolute atomic E-state index is 0.136. The second kappa shape index (κ2) is 8.32. The molecule has 7 heteroatoms. The van der Waals surface area contributed by atoms with Crippen LogP contribution in [0.5, 0.6) is 5.75 Å². The van der Waals surface area contributed by atoms with Crippen molar-refractivity contribution in [2.45, 2.75) is 31.6 Å². The van der Waals surface area contributed by atoms with E-state index in [-0.39, 0.29) is 23.3 Å². The molecular weight excluding hydrogens is 376 g/mol. The number of ether oxygens (including phenoxy) is 1. The van der Waals surface area contributed by atoms with Gasteiger partial charge < -0.3 is 10.1 Å². The van der Waals surface area contributed by atoms with E-state index in [9.17, 15) is 13.2 Å². The van der Waals surface area contributed by atoms with Gasteiger partial charge in [-0.15, -0.1) is 0 Å². The smallest absolute Gasteiger partial charge is 0.243 e. The maximum Gasteiger partial charge on any atom is 0.243 e. The molecule has 1 saturated heterocycles. The fourth-order valence-corrected chi connectivity index (χ4v) is 4.92. The van der Waals surface area contributed by atoms with Crippen LogP contribution in [-0.2, 0) is 14.8 Å². The Hall–Kier alpha value is -2.38. The zero-order valence-electron chi connectivity index (χ0n) is 16.4. The number of sulfonamides is 1. The summed E-state index contributed by atoms with van der Waals surface area (Å²) in [5.74, 6) is 0.0911. The van der Waals surface area contributed by atoms with Gasteiger partial charge in [-0.1, -0.05) is 12.1 Å². The van der Waals surface area contributed by atoms with Crippen molar-refractivity contribution in [3.8, 4) is 5.75 Å². The topological polar surface area (TPSA) is 75.7 Å². The largest absolute Gasteiger partial charge is 0.497 e. The number of piperidine rings is 1. The van der Waals surface area contributed by atoms with Crippen molar-refractivity contribution in [1.82, 2.24) is 4.31 Å². The highest BCUT2D eigenvalue weighted by Gasteiger charge is 2.33. The lowest BCUT2D eigenvalue weighted by Crippen LogP contribution is -2.43. The van der Waals surface area contributed by atoms with Crippen molar-refractivity contribution in [1.29, 1.82) is 0 Å². The first-order chi connectivity index (χ1) is 13.3. The molecule has 2 aromatic rings. The fraction of sp³-hybridized carbons (Fsp3) is 0.381. The highest BCUT2D eigenvalue weighted by atomic mass is 32.2. The number of anilines is 1. The van der Waals surface area contributed by atoms with E-state index in [0.29, 0.717) is 25.1 Å². The van der Waals surface area contributed by atoms with Crippen LogP contribution in [0.15, 0.2) is 47.4 Å². The molecule has 1 aliphatic heterocycles. The lowest BCUT2D eigenvalue weighted by Gasteiger charge is -2.31. The van der Waals surface area contributed by atoms with Crippen LogP contribution >= 0.6 is 0 Å². The lowest BCUT2D eigenvalue weighted by molar-refractivity contribution is -0.120. The van der Waals surface area contributed by atoms with Crippen LogP contribution in [0.4, 0.5) is 5.69 Å². The molecule has 1 fully saturated rings. The maximum absolute atomic E-state index is 13.0. The van der Waals surface area contributed by atoms with Crippen LogP contribution in [0, 0.1) is 19.8 Å². The molecule has 1 N–H and O–H groups in total. The molecule has 2 aromatic carbocycles. The Balaban J connectivity index is 1.73. The van der Waals surface area contributed by atoms with Crippen LogP contribution in [0.3, 0.4) is 0 Å². The molecule has 1 atom stereocenters. The van der Waals surface area contributed by atoms with E-state index in [1.807, 2.05) is 32.0 Å². The van der Waals surface area contributed by atoms with Crippen molar-refractivity contribution in [2.75, 3.05) is 25.5 Å². The number of methoxy groups -OCH3 is 1. The van der Waals surface area contributed by atoms with Crippen LogP contribution < -0.4 is 10.1 Å². The van der Waals surface area contributed by atoms with Gasteiger partial charge >= 0.3 is 0 Å². The molecule has 1 aliphatic rings. The molecule has 0 spiro atoms. The van der Waals surface area contributed by atoms with Crippen molar-refractivity contribution in [2.24, 2.45) is 5.92 Å². The Morgan fingerprint density at radius 1 is 1.14 bits per heavy atom. The van der Waals surface area contributed by atoms with E-state index >= 15 is 0 Å². The van der Waals surface area contributed by atoms with Gasteiger partial charge in [-0.05, 0) is 68.1 Å². The van der Waals surface area contributed by atoms with Gasteiger partial charge in [0.15, 0.2) is 0 Å². The highest BCUT2D eigenvalue weighted by Crippen LogP contribution is 2.26. The summed E-state index contributed by atoms with van der Waals surface area (Å²) < 4.78 is 32.4. The second-order valence-electron chi connectivity index (χ2n) is 7.11. The molecule has 3 rings (SSSR count). The van der Waals surface area contributed by atoms with Gasteiger partial charge in [-0.25, -0.2) is 8.42 Å². The third-order valence-corrected chi connectivity index (χ3v) is 7.19. The number of aryl methyl sites for hydroxylation is 1. The first-order valence-corrected chi connectivity index (χ1v) is 10.8. The minimum atomic E-state index is -3.64. The molecule has 1 amide bonds. The normalized spacial score (nSPS) is 17.9. The Kier molecular flexibility index (Phi) is 6.05. The van der Waals surface area contributed by atoms with Gasteiger partial charge in [0.05, 0.1) is 17.9 Å². The fourth-order valence-electron chi connectivity index (χ4n) is 3.39. The summed E-state index contributed by atoms with van der Waals surface area (Å²) in [6, 6.07) is 12.1. The minimum Gasteiger partial charge on any atom is -0.497 e. The van der Waals surface area contributed by atoms with Gasteiger partial charge in [0.1, 0.15) is 5.75 Å². The molecule has 0 aromatic heterocycles. The predicted octanol–water partition coefficient (Wildman–Crippen LogP) is 3.35. The zero-order chi connectivity index (χ0) is 20.3. The van der Waals surface area contributed by atoms with E-state index in [0.717, 1.165) is 16.8 Å². The maximum atomic E-state index is 13.0. The number of hydrogen-bond donors (Lipinski definition) is 1. The average Bonchev–Trinajstić information content (AvgIpc) is 2.71. The number of carbonyl (C=O) groups is 1. The van der Waals surface area contributed by atoms with Crippen LogP contribution in [0.1, 0.15) is 24.0 Å². The molecular formula is C21H26N2O4S. The van der Waals surface area contributed by atoms with Crippen LogP contribution in [0.25, 0.3) is 0 Å². The Morgan fingerprint density at radius 3 is 2.54 bits per heavy atom. The average molecular weight is 403 g/mol. The number of nitrogens with zero attached hydrogens (tertiary/aromatic N) is 1. The van der Waals surface area contributed by atoms with Crippen molar-refractivity contribution in [3.05, 3.63) is 53.6 Å². The summed E-state index contributed by atoms with van der Waals surface area (Å²) in [4.78, 5) is 13.0. The van der Waals surface area contributed by atoms with Gasteiger partial charge in [0.25, 0.3) is 0 Å². The molecule has 6 nitrogen and oxygen atoms in total. The van der Waals surface area contributed by atoms with Crippen molar-refractivity contribution >= 4 is 21.6 Å². The third kappa shape index (κ3) is 4.20. The summed E-state index contributed by atoms with van der Waals surface area (Å²) >= 11 is 0. The molecule has 0 unspecified atom stereocenters. The van der Waals surface area contributed by atoms with Crippen LogP contribution in [-0.4, -0.2) is 38.8 Å². The SMILES string of the molecule is COc1ccc(S(=O)(=O)N2CCC[C@H](C(=O)Nc3cccc(C)c3C)C2)cc1. The Bertz CT molecular complexity index is 955. The van der Waals surface area contributed by atoms with Crippen molar-refractivity contribution < 1.29 is 17.9 Å². The first-order valence-electron chi connectivity index (χ1n) is 9.34. The Morgan fingerprint density at radius 2 is 1.86 bits per heavy atom. The molecule has 0 bridgehead atoms. The van der Waals surface area contributed by atoms with E-state index < -0.39 is 10.0 Å². The molecule has 28 heavy (non-hydrogen) atoms. The number of carbonyl (C=O) groups excluding carboxylic acids is 1. The summed E-state index contributed by atoms with van der Waals surface area (Å²) in [7, 11) is -2.11. The van der Waals surface area contributed by atoms with Gasteiger partial charge in [-0.2, -0.15) is 4.31 Å². The number of benzene rings is 2. The quantitative estimate of drug-likeness (QED) is 0.832. The number of hydrogen-bond acceptors (Lipinski definition) is 4. The number of amides is 1. The lowest BCUT2D eigenvalue weighted by atomic mass is 9.98. The van der Waals surface area contributed by atoms with Crippen molar-refractivity contribution in [3.63, 3.8) is 0 Å². The summed E-state index contributed by atoms with van der Waals surface area (Å²) in [6.07, 6.45) is 1.33. The van der Waals surface area contributed by atoms with Gasteiger partial charge in [0, 0.05) is 18.8 Å². The molecule has 0 radical (unpaired) electrons. The Labute approximate surface area is 166 Å². The van der Waals surface area contributed by atoms with Crippen LogP contribution in [0.2, 0.25) is 0 Å².